The number of pyridine rings is 1. The topological polar surface area (TPSA) is 94.0 Å². The molecule has 0 aliphatic heterocycles. The van der Waals surface area contributed by atoms with E-state index >= 15 is 0 Å². The number of hydrogen-bond acceptors (Lipinski definition) is 4. The molecule has 1 heterocycles. The fourth-order valence-corrected chi connectivity index (χ4v) is 1.62. The van der Waals surface area contributed by atoms with Crippen molar-refractivity contribution in [2.24, 2.45) is 5.73 Å². The van der Waals surface area contributed by atoms with Gasteiger partial charge < -0.3 is 16.8 Å². The number of nitrogens with two attached hydrogens (primary N) is 2. The number of halogens is 2. The van der Waals surface area contributed by atoms with Crippen LogP contribution in [-0.2, 0) is 0 Å². The summed E-state index contributed by atoms with van der Waals surface area (Å²) < 4.78 is 26.0. The van der Waals surface area contributed by atoms with Gasteiger partial charge in [-0.2, -0.15) is 0 Å². The monoisotopic (exact) mass is 278 g/mol. The lowest BCUT2D eigenvalue weighted by molar-refractivity contribution is 0.100. The highest BCUT2D eigenvalue weighted by molar-refractivity contribution is 5.98. The van der Waals surface area contributed by atoms with E-state index in [4.69, 9.17) is 11.5 Å². The van der Waals surface area contributed by atoms with Gasteiger partial charge in [0.15, 0.2) is 11.6 Å². The molecule has 0 bridgehead atoms. The molecule has 0 fully saturated rings. The van der Waals surface area contributed by atoms with Crippen molar-refractivity contribution in [1.82, 2.24) is 4.98 Å². The van der Waals surface area contributed by atoms with Crippen LogP contribution in [-0.4, -0.2) is 10.9 Å². The van der Waals surface area contributed by atoms with Gasteiger partial charge in [-0.1, -0.05) is 0 Å². The predicted octanol–water partition coefficient (Wildman–Crippen LogP) is 2.09. The van der Waals surface area contributed by atoms with Crippen LogP contribution in [0.4, 0.5) is 26.1 Å². The molecule has 0 radical (unpaired) electrons. The lowest BCUT2D eigenvalue weighted by atomic mass is 10.1. The summed E-state index contributed by atoms with van der Waals surface area (Å²) in [5, 5.41) is 2.69. The highest BCUT2D eigenvalue weighted by atomic mass is 19.2. The standard InChI is InChI=1S/C13H12F2N4O/c1-6-4-8(12(17)20)13(19-11(6)16)18-7-2-3-9(14)10(15)5-7/h2-5H,1H3,(H2,17,20)(H3,16,18,19). The van der Waals surface area contributed by atoms with E-state index in [9.17, 15) is 13.6 Å². The minimum Gasteiger partial charge on any atom is -0.383 e. The fourth-order valence-electron chi connectivity index (χ4n) is 1.62. The number of amides is 1. The summed E-state index contributed by atoms with van der Waals surface area (Å²) in [6.07, 6.45) is 0. The normalized spacial score (nSPS) is 10.3. The van der Waals surface area contributed by atoms with Crippen LogP contribution in [0.3, 0.4) is 0 Å². The van der Waals surface area contributed by atoms with Crippen LogP contribution in [0.5, 0.6) is 0 Å². The zero-order chi connectivity index (χ0) is 14.9. The number of aryl methyl sites for hydroxylation is 1. The first-order chi connectivity index (χ1) is 9.38. The second kappa shape index (κ2) is 5.12. The number of nitrogens with one attached hydrogen (secondary N) is 1. The van der Waals surface area contributed by atoms with Crippen LogP contribution in [0.15, 0.2) is 24.3 Å². The van der Waals surface area contributed by atoms with E-state index < -0.39 is 17.5 Å². The molecule has 0 spiro atoms. The second-order valence-electron chi connectivity index (χ2n) is 4.20. The molecule has 2 aromatic rings. The summed E-state index contributed by atoms with van der Waals surface area (Å²) >= 11 is 0. The Bertz CT molecular complexity index is 688. The van der Waals surface area contributed by atoms with E-state index in [0.717, 1.165) is 12.1 Å². The van der Waals surface area contributed by atoms with Gasteiger partial charge >= 0.3 is 0 Å². The van der Waals surface area contributed by atoms with E-state index in [0.29, 0.717) is 5.56 Å². The molecule has 20 heavy (non-hydrogen) atoms. The average molecular weight is 278 g/mol. The lowest BCUT2D eigenvalue weighted by Crippen LogP contribution is -2.15. The van der Waals surface area contributed by atoms with Gasteiger partial charge in [-0.3, -0.25) is 4.79 Å². The van der Waals surface area contributed by atoms with Crippen LogP contribution in [0.25, 0.3) is 0 Å². The van der Waals surface area contributed by atoms with Crippen molar-refractivity contribution < 1.29 is 13.6 Å². The number of hydrogen-bond donors (Lipinski definition) is 3. The Morgan fingerprint density at radius 1 is 1.25 bits per heavy atom. The molecule has 0 aliphatic carbocycles. The second-order valence-corrected chi connectivity index (χ2v) is 4.20. The summed E-state index contributed by atoms with van der Waals surface area (Å²) in [5.41, 5.74) is 11.8. The Kier molecular flexibility index (Phi) is 3.51. The van der Waals surface area contributed by atoms with Gasteiger partial charge in [-0.25, -0.2) is 13.8 Å². The molecule has 0 unspecified atom stereocenters. The first-order valence-corrected chi connectivity index (χ1v) is 5.67. The molecule has 5 nitrogen and oxygen atoms in total. The molecule has 0 aliphatic rings. The molecule has 1 aromatic heterocycles. The number of anilines is 3. The Hall–Kier alpha value is -2.70. The average Bonchev–Trinajstić information content (AvgIpc) is 2.37. The number of nitrogens with zero attached hydrogens (tertiary/aromatic N) is 1. The Labute approximate surface area is 113 Å². The van der Waals surface area contributed by atoms with Crippen molar-refractivity contribution >= 4 is 23.2 Å². The molecule has 0 saturated heterocycles. The van der Waals surface area contributed by atoms with E-state index in [-0.39, 0.29) is 22.9 Å². The predicted molar refractivity (Wildman–Crippen MR) is 71.5 cm³/mol. The smallest absolute Gasteiger partial charge is 0.252 e. The number of primary amides is 1. The molecule has 104 valence electrons. The third kappa shape index (κ3) is 2.66. The highest BCUT2D eigenvalue weighted by Crippen LogP contribution is 2.23. The maximum absolute atomic E-state index is 13.1. The lowest BCUT2D eigenvalue weighted by Gasteiger charge is -2.11. The number of nitrogen functional groups attached to an aromatic ring is 1. The van der Waals surface area contributed by atoms with Gasteiger partial charge in [0, 0.05) is 11.8 Å². The zero-order valence-corrected chi connectivity index (χ0v) is 10.6. The van der Waals surface area contributed by atoms with E-state index in [2.05, 4.69) is 10.3 Å². The van der Waals surface area contributed by atoms with Crippen LogP contribution in [0.1, 0.15) is 15.9 Å². The minimum atomic E-state index is -1.02. The number of aromatic nitrogens is 1. The van der Waals surface area contributed by atoms with Gasteiger partial charge in [0.25, 0.3) is 5.91 Å². The fraction of sp³-hybridized carbons (Fsp3) is 0.0769. The largest absolute Gasteiger partial charge is 0.383 e. The van der Waals surface area contributed by atoms with E-state index in [1.807, 2.05) is 0 Å². The number of benzene rings is 1. The molecular formula is C13H12F2N4O. The van der Waals surface area contributed by atoms with Crippen molar-refractivity contribution in [2.45, 2.75) is 6.92 Å². The van der Waals surface area contributed by atoms with E-state index in [1.165, 1.54) is 12.1 Å². The van der Waals surface area contributed by atoms with Crippen molar-refractivity contribution in [3.63, 3.8) is 0 Å². The summed E-state index contributed by atoms with van der Waals surface area (Å²) in [7, 11) is 0. The van der Waals surface area contributed by atoms with Crippen molar-refractivity contribution in [2.75, 3.05) is 11.1 Å². The first kappa shape index (κ1) is 13.7. The molecular weight excluding hydrogens is 266 g/mol. The Morgan fingerprint density at radius 2 is 1.95 bits per heavy atom. The van der Waals surface area contributed by atoms with Gasteiger partial charge in [0.2, 0.25) is 0 Å². The molecule has 0 atom stereocenters. The molecule has 5 N–H and O–H groups in total. The van der Waals surface area contributed by atoms with Gasteiger partial charge in [0.05, 0.1) is 5.56 Å². The quantitative estimate of drug-likeness (QED) is 0.801. The van der Waals surface area contributed by atoms with Crippen LogP contribution >= 0.6 is 0 Å². The van der Waals surface area contributed by atoms with Crippen molar-refractivity contribution in [3.05, 3.63) is 47.0 Å². The SMILES string of the molecule is Cc1cc(C(N)=O)c(Nc2ccc(F)c(F)c2)nc1N. The third-order valence-electron chi connectivity index (χ3n) is 2.70. The number of carbonyl (C=O) groups is 1. The zero-order valence-electron chi connectivity index (χ0n) is 10.6. The summed E-state index contributed by atoms with van der Waals surface area (Å²) in [4.78, 5) is 15.4. The minimum absolute atomic E-state index is 0.0895. The third-order valence-corrected chi connectivity index (χ3v) is 2.70. The summed E-state index contributed by atoms with van der Waals surface area (Å²) in [6, 6.07) is 4.69. The summed E-state index contributed by atoms with van der Waals surface area (Å²) in [6.45, 7) is 1.68. The van der Waals surface area contributed by atoms with Gasteiger partial charge in [-0.15, -0.1) is 0 Å². The Balaban J connectivity index is 2.44. The van der Waals surface area contributed by atoms with Gasteiger partial charge in [0.1, 0.15) is 11.6 Å². The number of rotatable bonds is 3. The maximum Gasteiger partial charge on any atom is 0.252 e. The van der Waals surface area contributed by atoms with Gasteiger partial charge in [-0.05, 0) is 30.7 Å². The Morgan fingerprint density at radius 3 is 2.55 bits per heavy atom. The van der Waals surface area contributed by atoms with Crippen molar-refractivity contribution in [3.8, 4) is 0 Å². The maximum atomic E-state index is 13.1. The number of carbonyl (C=O) groups excluding carboxylic acids is 1. The molecule has 7 heteroatoms. The van der Waals surface area contributed by atoms with E-state index in [1.54, 1.807) is 6.92 Å². The highest BCUT2D eigenvalue weighted by Gasteiger charge is 2.13. The van der Waals surface area contributed by atoms with Crippen LogP contribution < -0.4 is 16.8 Å². The summed E-state index contributed by atoms with van der Waals surface area (Å²) in [5.74, 6) is -2.39. The van der Waals surface area contributed by atoms with Crippen LogP contribution in [0.2, 0.25) is 0 Å². The van der Waals surface area contributed by atoms with Crippen LogP contribution in [0, 0.1) is 18.6 Å². The first-order valence-electron chi connectivity index (χ1n) is 5.67. The molecule has 2 rings (SSSR count). The molecule has 1 aromatic carbocycles. The van der Waals surface area contributed by atoms with Crippen molar-refractivity contribution in [1.29, 1.82) is 0 Å². The molecule has 1 amide bonds. The molecule has 0 saturated carbocycles.